The number of thiophene rings is 1. The maximum atomic E-state index is 10.9. The van der Waals surface area contributed by atoms with E-state index >= 15 is 0 Å². The van der Waals surface area contributed by atoms with Gasteiger partial charge in [0.15, 0.2) is 0 Å². The number of ether oxygens (including phenoxy) is 1. The molecule has 0 atom stereocenters. The van der Waals surface area contributed by atoms with Crippen LogP contribution in [-0.2, 0) is 42.2 Å². The van der Waals surface area contributed by atoms with Gasteiger partial charge in [0.05, 0.1) is 6.61 Å². The molecule has 81 valence electrons. The minimum absolute atomic E-state index is 0. The summed E-state index contributed by atoms with van der Waals surface area (Å²) in [6.45, 7) is 6.63. The molecule has 0 fully saturated rings. The first-order chi connectivity index (χ1) is 6.57. The van der Waals surface area contributed by atoms with Gasteiger partial charge < -0.3 is 16.5 Å². The fourth-order valence-electron chi connectivity index (χ4n) is 0.553. The molecule has 0 saturated heterocycles. The average Bonchev–Trinajstić information content (AvgIpc) is 2.55. The Hall–Kier alpha value is -0.186. The second-order valence-corrected chi connectivity index (χ2v) is 3.22. The van der Waals surface area contributed by atoms with Gasteiger partial charge in [0.1, 0.15) is 0 Å². The summed E-state index contributed by atoms with van der Waals surface area (Å²) in [5, 5.41) is 2.81. The molecule has 0 aliphatic rings. The molecule has 3 nitrogen and oxygen atoms in total. The molecule has 0 unspecified atom stereocenters. The maximum absolute atomic E-state index is 10.9. The summed E-state index contributed by atoms with van der Waals surface area (Å²) < 4.78 is 4.74. The van der Waals surface area contributed by atoms with Crippen LogP contribution in [0.25, 0.3) is 0 Å². The Morgan fingerprint density at radius 2 is 2.13 bits per heavy atom. The van der Waals surface area contributed by atoms with Gasteiger partial charge in [0.25, 0.3) is 5.97 Å². The summed E-state index contributed by atoms with van der Waals surface area (Å²) in [5.74, 6) is -0.339. The van der Waals surface area contributed by atoms with E-state index in [2.05, 4.69) is 12.3 Å². The van der Waals surface area contributed by atoms with Crippen LogP contribution < -0.4 is 0 Å². The van der Waals surface area contributed by atoms with Crippen molar-refractivity contribution < 1.29 is 47.0 Å². The molecule has 1 rings (SSSR count). The molecule has 5 heteroatoms. The van der Waals surface area contributed by atoms with Gasteiger partial charge in [-0.15, -0.1) is 5.38 Å². The quantitative estimate of drug-likeness (QED) is 0.621. The number of carbonyl (C=O) groups is 2. The van der Waals surface area contributed by atoms with Gasteiger partial charge >= 0.3 is 0 Å². The standard InChI is InChI=1S/C7H7O2S.C3H5O.Y/c1-2-9-7(8)6-4-3-5-10-6;1-3(2)4;/h3-4H,2H2,1H3;1H2,2H3;/q2*-1;. The Balaban J connectivity index is 0. The zero-order valence-corrected chi connectivity index (χ0v) is 12.4. The van der Waals surface area contributed by atoms with Crippen molar-refractivity contribution in [2.24, 2.45) is 0 Å². The Morgan fingerprint density at radius 1 is 1.60 bits per heavy atom. The number of rotatable bonds is 2. The first-order valence-corrected chi connectivity index (χ1v) is 4.85. The van der Waals surface area contributed by atoms with Gasteiger partial charge in [-0.1, -0.05) is 0 Å². The molecule has 0 aliphatic carbocycles. The number of hydrogen-bond donors (Lipinski definition) is 0. The third-order valence-corrected chi connectivity index (χ3v) is 1.72. The van der Waals surface area contributed by atoms with Crippen LogP contribution in [0.15, 0.2) is 12.1 Å². The van der Waals surface area contributed by atoms with Crippen LogP contribution >= 0.6 is 11.3 Å². The fourth-order valence-corrected chi connectivity index (χ4v) is 1.09. The third-order valence-electron chi connectivity index (χ3n) is 0.948. The average molecular weight is 301 g/mol. The van der Waals surface area contributed by atoms with Gasteiger partial charge in [-0.2, -0.15) is 12.1 Å². The maximum Gasteiger partial charge on any atom is 0.279 e. The minimum atomic E-state index is -0.256. The normalized spacial score (nSPS) is 7.87. The zero-order chi connectivity index (χ0) is 11.0. The number of esters is 1. The van der Waals surface area contributed by atoms with Gasteiger partial charge in [-0.05, 0) is 24.5 Å². The summed E-state index contributed by atoms with van der Waals surface area (Å²) in [6.07, 6.45) is 0. The number of carbonyl (C=O) groups excluding carboxylic acids is 2. The predicted octanol–water partition coefficient (Wildman–Crippen LogP) is 2.13. The molecule has 15 heavy (non-hydrogen) atoms. The van der Waals surface area contributed by atoms with E-state index in [-0.39, 0.29) is 44.5 Å². The van der Waals surface area contributed by atoms with E-state index in [0.29, 0.717) is 11.5 Å². The van der Waals surface area contributed by atoms with Crippen LogP contribution in [0.5, 0.6) is 0 Å². The molecule has 0 N–H and O–H groups in total. The van der Waals surface area contributed by atoms with Crippen molar-refractivity contribution in [2.45, 2.75) is 13.8 Å². The molecule has 0 aliphatic heterocycles. The predicted molar refractivity (Wildman–Crippen MR) is 55.1 cm³/mol. The smallest absolute Gasteiger partial charge is 0.279 e. The molecule has 0 amide bonds. The SMILES string of the molecule is CCOC(=O)c1cc[c-]s1.[CH2-]C(C)=O.[Y]. The molecular weight excluding hydrogens is 289 g/mol. The molecule has 0 aromatic carbocycles. The van der Waals surface area contributed by atoms with Crippen molar-refractivity contribution in [1.29, 1.82) is 0 Å². The number of Topliss-reactive ketones (excluding diaryl/α,β-unsaturated/α-hetero) is 1. The van der Waals surface area contributed by atoms with Crippen molar-refractivity contribution in [1.82, 2.24) is 0 Å². The summed E-state index contributed by atoms with van der Waals surface area (Å²) in [6, 6.07) is 3.40. The second-order valence-electron chi connectivity index (χ2n) is 2.34. The molecule has 0 saturated carbocycles. The molecule has 0 spiro atoms. The fraction of sp³-hybridized carbons (Fsp3) is 0.300. The first-order valence-electron chi connectivity index (χ1n) is 4.03. The Morgan fingerprint density at radius 3 is 2.47 bits per heavy atom. The van der Waals surface area contributed by atoms with E-state index in [9.17, 15) is 9.59 Å². The largest absolute Gasteiger partial charge is 0.472 e. The molecule has 0 bridgehead atoms. The third kappa shape index (κ3) is 10.1. The van der Waals surface area contributed by atoms with Crippen LogP contribution in [0.4, 0.5) is 0 Å². The van der Waals surface area contributed by atoms with Crippen molar-refractivity contribution in [2.75, 3.05) is 6.61 Å². The van der Waals surface area contributed by atoms with E-state index in [1.807, 2.05) is 0 Å². The Labute approximate surface area is 119 Å². The van der Waals surface area contributed by atoms with E-state index in [1.165, 1.54) is 18.3 Å². The second kappa shape index (κ2) is 10.3. The molecule has 1 radical (unpaired) electrons. The summed E-state index contributed by atoms with van der Waals surface area (Å²) >= 11 is 1.27. The van der Waals surface area contributed by atoms with Gasteiger partial charge in [0, 0.05) is 32.7 Å². The van der Waals surface area contributed by atoms with Crippen molar-refractivity contribution in [3.63, 3.8) is 0 Å². The van der Waals surface area contributed by atoms with Crippen LogP contribution in [0.1, 0.15) is 23.5 Å². The topological polar surface area (TPSA) is 43.4 Å². The minimum Gasteiger partial charge on any atom is -0.472 e. The van der Waals surface area contributed by atoms with E-state index in [0.717, 1.165) is 0 Å². The van der Waals surface area contributed by atoms with Gasteiger partial charge in [-0.3, -0.25) is 16.1 Å². The molecular formula is C10H12O3SY-2. The molecule has 1 aromatic rings. The zero-order valence-electron chi connectivity index (χ0n) is 8.78. The Bertz CT molecular complexity index is 279. The van der Waals surface area contributed by atoms with E-state index in [4.69, 9.17) is 4.74 Å². The van der Waals surface area contributed by atoms with Crippen LogP contribution in [0.3, 0.4) is 0 Å². The summed E-state index contributed by atoms with van der Waals surface area (Å²) in [4.78, 5) is 20.8. The number of ketones is 1. The monoisotopic (exact) mass is 301 g/mol. The Kier molecular flexibility index (Phi) is 11.9. The van der Waals surface area contributed by atoms with Crippen molar-refractivity contribution in [3.8, 4) is 0 Å². The van der Waals surface area contributed by atoms with Gasteiger partial charge in [0.2, 0.25) is 0 Å². The van der Waals surface area contributed by atoms with E-state index < -0.39 is 0 Å². The van der Waals surface area contributed by atoms with Crippen LogP contribution in [0, 0.1) is 12.3 Å². The summed E-state index contributed by atoms with van der Waals surface area (Å²) in [7, 11) is 0. The van der Waals surface area contributed by atoms with Crippen molar-refractivity contribution >= 4 is 23.1 Å². The number of hydrogen-bond acceptors (Lipinski definition) is 4. The van der Waals surface area contributed by atoms with Crippen LogP contribution in [-0.4, -0.2) is 18.4 Å². The van der Waals surface area contributed by atoms with E-state index in [1.54, 1.807) is 19.1 Å². The molecule has 1 heterocycles. The molecule has 1 aromatic heterocycles. The van der Waals surface area contributed by atoms with Crippen molar-refractivity contribution in [3.05, 3.63) is 29.3 Å². The van der Waals surface area contributed by atoms with Gasteiger partial charge in [-0.25, -0.2) is 0 Å². The summed E-state index contributed by atoms with van der Waals surface area (Å²) in [5.41, 5.74) is 0. The first kappa shape index (κ1) is 17.2. The van der Waals surface area contributed by atoms with Crippen LogP contribution in [0.2, 0.25) is 0 Å².